The molecule has 0 saturated carbocycles. The van der Waals surface area contributed by atoms with Gasteiger partial charge in [0.15, 0.2) is 0 Å². The normalized spacial score (nSPS) is 10.8. The molecule has 0 spiro atoms. The molecule has 104 valence electrons. The minimum atomic E-state index is -0.523. The Balaban J connectivity index is 0.000000704. The highest BCUT2D eigenvalue weighted by Gasteiger charge is 2.20. The Morgan fingerprint density at radius 3 is 0.950 bits per heavy atom. The van der Waals surface area contributed by atoms with Crippen molar-refractivity contribution in [3.8, 4) is 0 Å². The molecule has 3 aromatic rings. The Morgan fingerprint density at radius 1 is 0.550 bits per heavy atom. The van der Waals surface area contributed by atoms with Crippen LogP contribution in [0.3, 0.4) is 0 Å². The number of benzene rings is 1. The van der Waals surface area contributed by atoms with E-state index in [0.29, 0.717) is 11.1 Å². The number of nitrogens with one attached hydrogen (secondary N) is 2. The van der Waals surface area contributed by atoms with Crippen molar-refractivity contribution >= 4 is 21.5 Å². The summed E-state index contributed by atoms with van der Waals surface area (Å²) in [4.78, 5) is 51.1. The van der Waals surface area contributed by atoms with Gasteiger partial charge < -0.3 is 0 Å². The number of aryl methyl sites for hydroxylation is 2. The minimum Gasteiger partial charge on any atom is -0.288 e. The Bertz CT molecular complexity index is 855. The molecule has 0 atom stereocenters. The Hall–Kier alpha value is -2.50. The molecule has 0 radical (unpaired) electrons. The molecule has 0 fully saturated rings. The second kappa shape index (κ2) is 4.56. The van der Waals surface area contributed by atoms with Crippen LogP contribution < -0.4 is 22.2 Å². The van der Waals surface area contributed by atoms with Crippen molar-refractivity contribution in [1.29, 1.82) is 0 Å². The maximum absolute atomic E-state index is 11.7. The molecule has 1 aromatic carbocycles. The van der Waals surface area contributed by atoms with Crippen LogP contribution in [0, 0.1) is 13.8 Å². The van der Waals surface area contributed by atoms with Gasteiger partial charge >= 0.3 is 0 Å². The predicted octanol–water partition coefficient (Wildman–Crippen LogP) is 0.609. The van der Waals surface area contributed by atoms with Crippen LogP contribution in [0.5, 0.6) is 0 Å². The lowest BCUT2D eigenvalue weighted by atomic mass is 9.98. The second-order valence-corrected chi connectivity index (χ2v) is 4.32. The van der Waals surface area contributed by atoms with Gasteiger partial charge in [-0.1, -0.05) is 13.8 Å². The summed E-state index contributed by atoms with van der Waals surface area (Å²) in [6.45, 7) is 7.13. The molecule has 0 bridgehead atoms. The summed E-state index contributed by atoms with van der Waals surface area (Å²) >= 11 is 0. The smallest absolute Gasteiger partial charge is 0.259 e. The summed E-state index contributed by atoms with van der Waals surface area (Å²) < 4.78 is 0. The van der Waals surface area contributed by atoms with Crippen molar-refractivity contribution in [2.24, 2.45) is 0 Å². The molecule has 6 heteroatoms. The largest absolute Gasteiger partial charge is 0.288 e. The third kappa shape index (κ3) is 1.57. The molecule has 2 N–H and O–H groups in total. The maximum Gasteiger partial charge on any atom is 0.259 e. The lowest BCUT2D eigenvalue weighted by molar-refractivity contribution is 1.25. The van der Waals surface area contributed by atoms with Crippen LogP contribution in [-0.4, -0.2) is 9.97 Å². The third-order valence-electron chi connectivity index (χ3n) is 3.36. The lowest BCUT2D eigenvalue weighted by Gasteiger charge is -2.00. The average molecular weight is 274 g/mol. The highest BCUT2D eigenvalue weighted by atomic mass is 16.2. The molecule has 0 aliphatic carbocycles. The second-order valence-electron chi connectivity index (χ2n) is 4.32. The van der Waals surface area contributed by atoms with Crippen LogP contribution in [0.2, 0.25) is 0 Å². The van der Waals surface area contributed by atoms with E-state index in [-0.39, 0.29) is 21.5 Å². The topological polar surface area (TPSA) is 99.9 Å². The summed E-state index contributed by atoms with van der Waals surface area (Å²) in [6.07, 6.45) is 0. The molecule has 6 nitrogen and oxygen atoms in total. The Morgan fingerprint density at radius 2 is 0.750 bits per heavy atom. The van der Waals surface area contributed by atoms with Crippen molar-refractivity contribution in [2.45, 2.75) is 27.7 Å². The standard InChI is InChI=1S/C12H8N2O4.C2H6/c1-3-5-7(11(17)13-9(5)15)4(2)8-6(3)10(16)14-12(8)18;1-2/h1-2H3,(H,13,15,17)(H,14,16,18);1-2H3. The van der Waals surface area contributed by atoms with Crippen LogP contribution in [0.15, 0.2) is 19.2 Å². The number of hydrogen-bond acceptors (Lipinski definition) is 4. The van der Waals surface area contributed by atoms with Crippen molar-refractivity contribution in [2.75, 3.05) is 0 Å². The summed E-state index contributed by atoms with van der Waals surface area (Å²) in [7, 11) is 0. The monoisotopic (exact) mass is 274 g/mol. The van der Waals surface area contributed by atoms with Gasteiger partial charge in [0.1, 0.15) is 0 Å². The van der Waals surface area contributed by atoms with Gasteiger partial charge in [0.05, 0.1) is 21.5 Å². The van der Waals surface area contributed by atoms with Crippen molar-refractivity contribution in [1.82, 2.24) is 9.97 Å². The molecule has 3 rings (SSSR count). The van der Waals surface area contributed by atoms with Crippen molar-refractivity contribution < 1.29 is 0 Å². The van der Waals surface area contributed by atoms with E-state index < -0.39 is 22.2 Å². The zero-order valence-electron chi connectivity index (χ0n) is 11.6. The van der Waals surface area contributed by atoms with Crippen molar-refractivity contribution in [3.63, 3.8) is 0 Å². The highest BCUT2D eigenvalue weighted by molar-refractivity contribution is 6.04. The average Bonchev–Trinajstić information content (AvgIpc) is 2.86. The first-order valence-corrected chi connectivity index (χ1v) is 6.32. The molecule has 0 aliphatic rings. The first-order valence-electron chi connectivity index (χ1n) is 6.32. The van der Waals surface area contributed by atoms with Gasteiger partial charge in [-0.05, 0) is 25.0 Å². The fraction of sp³-hybridized carbons (Fsp3) is 0.286. The first kappa shape index (κ1) is 13.9. The van der Waals surface area contributed by atoms with Gasteiger partial charge in [0.25, 0.3) is 22.2 Å². The fourth-order valence-electron chi connectivity index (χ4n) is 2.59. The summed E-state index contributed by atoms with van der Waals surface area (Å²) in [6, 6.07) is 0. The highest BCUT2D eigenvalue weighted by Crippen LogP contribution is 2.23. The van der Waals surface area contributed by atoms with Crippen LogP contribution in [-0.2, 0) is 0 Å². The zero-order valence-corrected chi connectivity index (χ0v) is 11.6. The number of H-pyrrole nitrogens is 2. The molecule has 0 amide bonds. The van der Waals surface area contributed by atoms with Gasteiger partial charge in [0, 0.05) is 0 Å². The van der Waals surface area contributed by atoms with Crippen molar-refractivity contribution in [3.05, 3.63) is 52.5 Å². The van der Waals surface area contributed by atoms with Crippen LogP contribution >= 0.6 is 0 Å². The van der Waals surface area contributed by atoms with Gasteiger partial charge in [-0.15, -0.1) is 0 Å². The molecule has 0 unspecified atom stereocenters. The Kier molecular flexibility index (Phi) is 3.17. The number of hydrogen-bond donors (Lipinski definition) is 2. The van der Waals surface area contributed by atoms with E-state index in [1.54, 1.807) is 13.8 Å². The summed E-state index contributed by atoms with van der Waals surface area (Å²) in [5.41, 5.74) is -1.35. The zero-order chi connectivity index (χ0) is 15.2. The number of aromatic amines is 2. The SMILES string of the molecule is CC.Cc1c2c(=O)[nH]c(=O)c2c(C)c2c(=O)[nH]c(=O)c12. The fourth-order valence-corrected chi connectivity index (χ4v) is 2.59. The van der Waals surface area contributed by atoms with Crippen LogP contribution in [0.4, 0.5) is 0 Å². The number of rotatable bonds is 0. The van der Waals surface area contributed by atoms with E-state index in [1.165, 1.54) is 0 Å². The predicted molar refractivity (Wildman–Crippen MR) is 78.4 cm³/mol. The third-order valence-corrected chi connectivity index (χ3v) is 3.36. The summed E-state index contributed by atoms with van der Waals surface area (Å²) in [5, 5.41) is 0.782. The molecular formula is C14H14N2O4. The van der Waals surface area contributed by atoms with E-state index in [9.17, 15) is 19.2 Å². The Labute approximate surface area is 112 Å². The van der Waals surface area contributed by atoms with Gasteiger partial charge in [0.2, 0.25) is 0 Å². The van der Waals surface area contributed by atoms with E-state index in [1.807, 2.05) is 13.8 Å². The van der Waals surface area contributed by atoms with E-state index in [0.717, 1.165) is 0 Å². The maximum atomic E-state index is 11.7. The molecule has 0 aliphatic heterocycles. The molecule has 0 saturated heterocycles. The van der Waals surface area contributed by atoms with E-state index >= 15 is 0 Å². The number of aromatic nitrogens is 2. The van der Waals surface area contributed by atoms with Crippen LogP contribution in [0.1, 0.15) is 25.0 Å². The molecule has 20 heavy (non-hydrogen) atoms. The first-order chi connectivity index (χ1) is 9.43. The quantitative estimate of drug-likeness (QED) is 0.627. The summed E-state index contributed by atoms with van der Waals surface area (Å²) in [5.74, 6) is 0. The molecular weight excluding hydrogens is 260 g/mol. The van der Waals surface area contributed by atoms with Gasteiger partial charge in [-0.2, -0.15) is 0 Å². The van der Waals surface area contributed by atoms with Crippen LogP contribution in [0.25, 0.3) is 21.5 Å². The lowest BCUT2D eigenvalue weighted by Crippen LogP contribution is -2.08. The number of fused-ring (bicyclic) bond motifs is 2. The van der Waals surface area contributed by atoms with E-state index in [2.05, 4.69) is 9.97 Å². The molecule has 2 heterocycles. The molecule has 2 aromatic heterocycles. The van der Waals surface area contributed by atoms with E-state index in [4.69, 9.17) is 0 Å². The minimum absolute atomic E-state index is 0.195. The van der Waals surface area contributed by atoms with Gasteiger partial charge in [-0.25, -0.2) is 0 Å². The van der Waals surface area contributed by atoms with Gasteiger partial charge in [-0.3, -0.25) is 29.1 Å².